The number of carbonyl (C=O) groups is 3. The quantitative estimate of drug-likeness (QED) is 0.241. The summed E-state index contributed by atoms with van der Waals surface area (Å²) in [4.78, 5) is 59.6. The summed E-state index contributed by atoms with van der Waals surface area (Å²) in [6, 6.07) is 17.2. The van der Waals surface area contributed by atoms with E-state index in [1.54, 1.807) is 47.5 Å². The Bertz CT molecular complexity index is 2050. The number of rotatable bonds is 8. The van der Waals surface area contributed by atoms with Crippen molar-refractivity contribution in [3.05, 3.63) is 85.1 Å². The third-order valence-electron chi connectivity index (χ3n) is 9.89. The van der Waals surface area contributed by atoms with Crippen molar-refractivity contribution in [2.45, 2.75) is 26.3 Å². The highest BCUT2D eigenvalue weighted by atomic mass is 19.1. The van der Waals surface area contributed by atoms with E-state index in [9.17, 15) is 18.8 Å². The summed E-state index contributed by atoms with van der Waals surface area (Å²) in [6.07, 6.45) is 5.47. The Hall–Kier alpha value is -5.56. The summed E-state index contributed by atoms with van der Waals surface area (Å²) in [5.74, 6) is 0.444. The van der Waals surface area contributed by atoms with Crippen LogP contribution in [0.25, 0.3) is 33.5 Å². The number of halogens is 1. The molecule has 2 aliphatic rings. The van der Waals surface area contributed by atoms with Crippen LogP contribution >= 0.6 is 0 Å². The second-order valence-electron chi connectivity index (χ2n) is 13.1. The normalized spacial score (nSPS) is 19.6. The molecule has 13 heteroatoms. The predicted molar refractivity (Wildman–Crippen MR) is 188 cm³/mol. The number of likely N-dealkylation sites (tertiary alicyclic amines) is 1. The Labute approximate surface area is 288 Å². The van der Waals surface area contributed by atoms with E-state index in [0.29, 0.717) is 49.8 Å². The lowest BCUT2D eigenvalue weighted by Gasteiger charge is -2.41. The zero-order valence-electron chi connectivity index (χ0n) is 28.2. The fourth-order valence-electron chi connectivity index (χ4n) is 7.04. The molecule has 3 aromatic heterocycles. The van der Waals surface area contributed by atoms with Gasteiger partial charge < -0.3 is 15.1 Å². The predicted octanol–water partition coefficient (Wildman–Crippen LogP) is 4.19. The SMILES string of the molecule is CC(=O)C1(C(=O)Nc2ccc3c(c2)c(-c2ccc(F)cc2)nn3C)CCN(CC(=O)N2CCN(c3ccc(-c4ncccn4)cn3)C[C@H]2C)C1. The smallest absolute Gasteiger partial charge is 0.239 e. The Morgan fingerprint density at radius 1 is 0.960 bits per heavy atom. The highest BCUT2D eigenvalue weighted by molar-refractivity contribution is 6.12. The number of hydrogen-bond donors (Lipinski definition) is 1. The van der Waals surface area contributed by atoms with Gasteiger partial charge >= 0.3 is 0 Å². The van der Waals surface area contributed by atoms with Crippen LogP contribution in [0.4, 0.5) is 15.9 Å². The molecule has 0 aliphatic carbocycles. The summed E-state index contributed by atoms with van der Waals surface area (Å²) >= 11 is 0. The highest BCUT2D eigenvalue weighted by Gasteiger charge is 2.49. The molecule has 256 valence electrons. The van der Waals surface area contributed by atoms with Gasteiger partial charge in [0.05, 0.1) is 12.1 Å². The number of fused-ring (bicyclic) bond motifs is 1. The van der Waals surface area contributed by atoms with E-state index in [4.69, 9.17) is 0 Å². The van der Waals surface area contributed by atoms with Gasteiger partial charge in [0, 0.05) is 86.6 Å². The first-order valence-corrected chi connectivity index (χ1v) is 16.7. The van der Waals surface area contributed by atoms with Gasteiger partial charge in [-0.1, -0.05) is 0 Å². The lowest BCUT2D eigenvalue weighted by molar-refractivity contribution is -0.139. The number of pyridine rings is 1. The van der Waals surface area contributed by atoms with Crippen molar-refractivity contribution in [1.82, 2.24) is 34.5 Å². The first kappa shape index (κ1) is 33.0. The molecule has 2 aliphatic heterocycles. The Morgan fingerprint density at radius 2 is 1.72 bits per heavy atom. The molecule has 0 bridgehead atoms. The minimum atomic E-state index is -1.28. The maximum atomic E-state index is 13.8. The third kappa shape index (κ3) is 6.31. The van der Waals surface area contributed by atoms with Crippen LogP contribution in [0, 0.1) is 11.2 Å². The molecular weight excluding hydrogens is 637 g/mol. The van der Waals surface area contributed by atoms with Crippen LogP contribution in [0.5, 0.6) is 0 Å². The number of aryl methyl sites for hydroxylation is 1. The van der Waals surface area contributed by atoms with Gasteiger partial charge in [-0.15, -0.1) is 0 Å². The van der Waals surface area contributed by atoms with E-state index in [1.165, 1.54) is 19.1 Å². The van der Waals surface area contributed by atoms with Crippen molar-refractivity contribution in [2.24, 2.45) is 12.5 Å². The van der Waals surface area contributed by atoms with Gasteiger partial charge in [0.1, 0.15) is 28.5 Å². The molecule has 0 radical (unpaired) electrons. The van der Waals surface area contributed by atoms with Crippen LogP contribution in [0.2, 0.25) is 0 Å². The van der Waals surface area contributed by atoms with Crippen molar-refractivity contribution in [1.29, 1.82) is 0 Å². The molecule has 2 aromatic carbocycles. The molecule has 50 heavy (non-hydrogen) atoms. The molecule has 12 nitrogen and oxygen atoms in total. The second kappa shape index (κ2) is 13.4. The number of Topliss-reactive ketones (excluding diaryl/α,β-unsaturated/α-hetero) is 1. The maximum absolute atomic E-state index is 13.8. The fourth-order valence-corrected chi connectivity index (χ4v) is 7.04. The number of benzene rings is 2. The first-order valence-electron chi connectivity index (χ1n) is 16.7. The number of nitrogens with one attached hydrogen (secondary N) is 1. The lowest BCUT2D eigenvalue weighted by Crippen LogP contribution is -2.56. The van der Waals surface area contributed by atoms with Gasteiger partial charge in [0.25, 0.3) is 0 Å². The molecule has 0 spiro atoms. The van der Waals surface area contributed by atoms with E-state index >= 15 is 0 Å². The van der Waals surface area contributed by atoms with Crippen molar-refractivity contribution in [3.8, 4) is 22.6 Å². The van der Waals surface area contributed by atoms with Gasteiger partial charge in [-0.25, -0.2) is 19.3 Å². The Balaban J connectivity index is 0.987. The zero-order chi connectivity index (χ0) is 35.0. The number of hydrogen-bond acceptors (Lipinski definition) is 9. The average molecular weight is 676 g/mol. The van der Waals surface area contributed by atoms with Crippen LogP contribution in [0.1, 0.15) is 20.3 Å². The first-order chi connectivity index (χ1) is 24.1. The van der Waals surface area contributed by atoms with Crippen molar-refractivity contribution >= 4 is 40.0 Å². The number of anilines is 2. The molecule has 2 atom stereocenters. The number of piperazine rings is 1. The van der Waals surface area contributed by atoms with Crippen LogP contribution in [-0.2, 0) is 21.4 Å². The lowest BCUT2D eigenvalue weighted by atomic mass is 9.82. The molecule has 5 aromatic rings. The molecular formula is C37H38FN9O3. The van der Waals surface area contributed by atoms with Crippen LogP contribution in [0.15, 0.2) is 79.3 Å². The summed E-state index contributed by atoms with van der Waals surface area (Å²) in [7, 11) is 1.82. The minimum absolute atomic E-state index is 0.0307. The van der Waals surface area contributed by atoms with E-state index < -0.39 is 11.3 Å². The summed E-state index contributed by atoms with van der Waals surface area (Å²) in [5.41, 5.74) is 2.33. The van der Waals surface area contributed by atoms with Gasteiger partial charge in [0.2, 0.25) is 11.8 Å². The van der Waals surface area contributed by atoms with E-state index in [0.717, 1.165) is 27.8 Å². The molecule has 2 amide bonds. The standard InChI is InChI=1S/C37H38FN9O3/c1-24-21-46(32-12-7-27(20-41-32)35-39-14-4-15-40-35)17-18-47(24)33(49)22-45-16-13-37(23-45,25(2)48)36(50)42-29-10-11-31-30(19-29)34(43-44(31)3)26-5-8-28(38)9-6-26/h4-12,14-15,19-20,24H,13,16-18,21-23H2,1-3H3,(H,42,50)/t24-,37?/m1/s1. The maximum Gasteiger partial charge on any atom is 0.239 e. The fraction of sp³-hybridized carbons (Fsp3) is 0.324. The Morgan fingerprint density at radius 3 is 2.42 bits per heavy atom. The average Bonchev–Trinajstić information content (AvgIpc) is 3.70. The van der Waals surface area contributed by atoms with Crippen LogP contribution < -0.4 is 10.2 Å². The topological polar surface area (TPSA) is 129 Å². The zero-order valence-corrected chi connectivity index (χ0v) is 28.2. The summed E-state index contributed by atoms with van der Waals surface area (Å²) < 4.78 is 15.3. The van der Waals surface area contributed by atoms with Gasteiger partial charge in [-0.2, -0.15) is 5.10 Å². The monoisotopic (exact) mass is 675 g/mol. The molecule has 2 fully saturated rings. The van der Waals surface area contributed by atoms with Gasteiger partial charge in [-0.3, -0.25) is 24.0 Å². The van der Waals surface area contributed by atoms with Crippen LogP contribution in [0.3, 0.4) is 0 Å². The molecule has 7 rings (SSSR count). The van der Waals surface area contributed by atoms with Crippen molar-refractivity contribution < 1.29 is 18.8 Å². The molecule has 2 saturated heterocycles. The number of amides is 2. The molecule has 1 unspecified atom stereocenters. The summed E-state index contributed by atoms with van der Waals surface area (Å²) in [6.45, 7) is 5.99. The van der Waals surface area contributed by atoms with E-state index in [1.807, 2.05) is 48.0 Å². The second-order valence-corrected chi connectivity index (χ2v) is 13.1. The van der Waals surface area contributed by atoms with Gasteiger partial charge in [-0.05, 0) is 80.9 Å². The third-order valence-corrected chi connectivity index (χ3v) is 9.89. The van der Waals surface area contributed by atoms with E-state index in [-0.39, 0.29) is 36.6 Å². The number of nitrogens with zero attached hydrogens (tertiary/aromatic N) is 8. The largest absolute Gasteiger partial charge is 0.353 e. The van der Waals surface area contributed by atoms with Crippen molar-refractivity contribution in [2.75, 3.05) is 49.5 Å². The van der Waals surface area contributed by atoms with E-state index in [2.05, 4.69) is 30.3 Å². The highest BCUT2D eigenvalue weighted by Crippen LogP contribution is 2.35. The number of ketones is 1. The summed E-state index contributed by atoms with van der Waals surface area (Å²) in [5, 5.41) is 8.38. The molecule has 5 heterocycles. The van der Waals surface area contributed by atoms with Crippen molar-refractivity contribution in [3.63, 3.8) is 0 Å². The molecule has 0 saturated carbocycles. The Kier molecular flexibility index (Phi) is 8.83. The number of carbonyl (C=O) groups excluding carboxylic acids is 3. The molecule has 1 N–H and O–H groups in total. The number of aromatic nitrogens is 5. The van der Waals surface area contributed by atoms with Gasteiger partial charge in [0.15, 0.2) is 5.82 Å². The van der Waals surface area contributed by atoms with Crippen LogP contribution in [-0.4, -0.2) is 97.4 Å². The minimum Gasteiger partial charge on any atom is -0.353 e.